The van der Waals surface area contributed by atoms with Gasteiger partial charge in [0.15, 0.2) is 0 Å². The van der Waals surface area contributed by atoms with Crippen molar-refractivity contribution in [1.29, 1.82) is 0 Å². The highest BCUT2D eigenvalue weighted by Gasteiger charge is 2.40. The number of carbonyl (C=O) groups is 2. The summed E-state index contributed by atoms with van der Waals surface area (Å²) in [4.78, 5) is 24.1. The summed E-state index contributed by atoms with van der Waals surface area (Å²) in [6, 6.07) is 0.985. The lowest BCUT2D eigenvalue weighted by Gasteiger charge is -2.18. The number of ether oxygens (including phenoxy) is 2. The number of carbonyl (C=O) groups excluding carboxylic acids is 2. The summed E-state index contributed by atoms with van der Waals surface area (Å²) in [5.74, 6) is 8.48. The summed E-state index contributed by atoms with van der Waals surface area (Å²) in [6.07, 6.45) is 27.1. The molecule has 2 aliphatic heterocycles. The third-order valence-corrected chi connectivity index (χ3v) is 9.71. The first-order valence-electron chi connectivity index (χ1n) is 20.0. The summed E-state index contributed by atoms with van der Waals surface area (Å²) in [5.41, 5.74) is 0. The van der Waals surface area contributed by atoms with Gasteiger partial charge in [-0.25, -0.2) is 0 Å². The lowest BCUT2D eigenvalue weighted by atomic mass is 9.64. The third-order valence-electron chi connectivity index (χ3n) is 9.71. The van der Waals surface area contributed by atoms with Crippen molar-refractivity contribution in [3.8, 4) is 11.8 Å². The van der Waals surface area contributed by atoms with Crippen molar-refractivity contribution in [3.05, 3.63) is 12.4 Å². The van der Waals surface area contributed by atoms with Crippen molar-refractivity contribution < 1.29 is 19.1 Å². The van der Waals surface area contributed by atoms with Gasteiger partial charge in [0.05, 0.1) is 32.2 Å². The Kier molecular flexibility index (Phi) is 26.0. The average Bonchev–Trinajstić information content (AvgIpc) is 3.63. The van der Waals surface area contributed by atoms with Gasteiger partial charge in [0.1, 0.15) is 7.28 Å². The van der Waals surface area contributed by atoms with Crippen molar-refractivity contribution >= 4 is 19.1 Å². The molecule has 274 valence electrons. The molecule has 2 heterocycles. The maximum absolute atomic E-state index is 12.1. The molecular formula is C39H71BN4O4. The molecule has 0 spiro atoms. The molecule has 3 unspecified atom stereocenters. The Morgan fingerprint density at radius 3 is 1.77 bits per heavy atom. The topological polar surface area (TPSA) is 101 Å². The molecule has 0 radical (unpaired) electrons. The molecule has 3 atom stereocenters. The molecule has 8 nitrogen and oxygen atoms in total. The molecule has 0 bridgehead atoms. The van der Waals surface area contributed by atoms with E-state index in [4.69, 9.17) is 9.47 Å². The summed E-state index contributed by atoms with van der Waals surface area (Å²) in [6.45, 7) is 9.21. The number of fused-ring (bicyclic) bond motifs is 1. The van der Waals surface area contributed by atoms with Crippen LogP contribution < -0.4 is 21.3 Å². The van der Waals surface area contributed by atoms with Gasteiger partial charge in [0.2, 0.25) is 11.8 Å². The maximum Gasteiger partial charge on any atom is 0.220 e. The fourth-order valence-corrected chi connectivity index (χ4v) is 6.88. The van der Waals surface area contributed by atoms with Crippen LogP contribution in [-0.2, 0) is 19.1 Å². The number of rotatable bonds is 31. The van der Waals surface area contributed by atoms with E-state index in [-0.39, 0.29) is 11.8 Å². The molecule has 2 fully saturated rings. The van der Waals surface area contributed by atoms with Crippen LogP contribution in [0.5, 0.6) is 0 Å². The number of unbranched alkanes of at least 4 members (excludes halogenated alkanes) is 16. The predicted octanol–water partition coefficient (Wildman–Crippen LogP) is 6.92. The minimum atomic E-state index is 0.0905. The highest BCUT2D eigenvalue weighted by Crippen LogP contribution is 2.33. The number of hydrogen-bond acceptors (Lipinski definition) is 6. The molecule has 4 N–H and O–H groups in total. The van der Waals surface area contributed by atoms with Crippen LogP contribution in [0.3, 0.4) is 0 Å². The second kappa shape index (κ2) is 29.7. The Morgan fingerprint density at radius 2 is 1.21 bits per heavy atom. The van der Waals surface area contributed by atoms with E-state index in [9.17, 15) is 9.59 Å². The fraction of sp³-hybridized carbons (Fsp3) is 0.846. The van der Waals surface area contributed by atoms with E-state index in [2.05, 4.69) is 46.6 Å². The van der Waals surface area contributed by atoms with Gasteiger partial charge in [-0.15, -0.1) is 11.8 Å². The molecular weight excluding hydrogens is 599 g/mol. The van der Waals surface area contributed by atoms with Crippen LogP contribution in [0.4, 0.5) is 0 Å². The molecule has 2 aliphatic rings. The SMILES string of the molecule is C=C1NC2CBC(CCCC(=O)NCCOCCOCCNC(=O)CCCCCCCCC#CCCCCCCCCCCCC)C2N1. The van der Waals surface area contributed by atoms with E-state index in [1.807, 2.05) is 0 Å². The van der Waals surface area contributed by atoms with Crippen LogP contribution in [0.25, 0.3) is 0 Å². The second-order valence-electron chi connectivity index (χ2n) is 14.0. The summed E-state index contributed by atoms with van der Waals surface area (Å²) in [5, 5.41) is 12.7. The summed E-state index contributed by atoms with van der Waals surface area (Å²) < 4.78 is 11.1. The van der Waals surface area contributed by atoms with Gasteiger partial charge in [0, 0.05) is 50.9 Å². The van der Waals surface area contributed by atoms with E-state index in [1.165, 1.54) is 103 Å². The first-order chi connectivity index (χ1) is 23.6. The van der Waals surface area contributed by atoms with Crippen LogP contribution in [0.2, 0.25) is 12.1 Å². The zero-order valence-corrected chi connectivity index (χ0v) is 30.8. The van der Waals surface area contributed by atoms with Gasteiger partial charge < -0.3 is 30.7 Å². The van der Waals surface area contributed by atoms with Gasteiger partial charge in [-0.3, -0.25) is 9.59 Å². The van der Waals surface area contributed by atoms with Crippen LogP contribution in [0, 0.1) is 11.8 Å². The van der Waals surface area contributed by atoms with E-state index in [0.29, 0.717) is 70.3 Å². The summed E-state index contributed by atoms with van der Waals surface area (Å²) >= 11 is 0. The molecule has 2 saturated heterocycles. The van der Waals surface area contributed by atoms with Crippen LogP contribution in [0.15, 0.2) is 12.4 Å². The van der Waals surface area contributed by atoms with Gasteiger partial charge >= 0.3 is 0 Å². The Labute approximate surface area is 295 Å². The van der Waals surface area contributed by atoms with Crippen LogP contribution in [-0.4, -0.2) is 70.7 Å². The van der Waals surface area contributed by atoms with Gasteiger partial charge in [-0.2, -0.15) is 0 Å². The lowest BCUT2D eigenvalue weighted by Crippen LogP contribution is -2.31. The van der Waals surface area contributed by atoms with Crippen molar-refractivity contribution in [3.63, 3.8) is 0 Å². The highest BCUT2D eigenvalue weighted by atomic mass is 16.5. The third kappa shape index (κ3) is 22.5. The van der Waals surface area contributed by atoms with Gasteiger partial charge in [-0.1, -0.05) is 110 Å². The fourth-order valence-electron chi connectivity index (χ4n) is 6.88. The standard InChI is InChI=1S/C39H71BN4O4/c1-3-4-5-6-7-8-9-10-11-12-13-14-15-16-17-18-19-20-21-22-25-37(45)41-27-29-47-31-32-48-30-28-42-38(46)26-23-24-35-39-36(33-40-35)43-34(2)44-39/h35-36,39-40,43-44H,2-13,16-33H2,1H3,(H,41,45)(H,42,46). The van der Waals surface area contributed by atoms with Gasteiger partial charge in [-0.05, 0) is 31.5 Å². The number of nitrogens with one attached hydrogen (secondary N) is 4. The molecule has 0 aromatic rings. The van der Waals surface area contributed by atoms with E-state index < -0.39 is 0 Å². The monoisotopic (exact) mass is 671 g/mol. The zero-order valence-electron chi connectivity index (χ0n) is 30.8. The highest BCUT2D eigenvalue weighted by molar-refractivity contribution is 6.39. The van der Waals surface area contributed by atoms with Crippen molar-refractivity contribution in [1.82, 2.24) is 21.3 Å². The Hall–Kier alpha value is -2.18. The molecule has 0 aromatic heterocycles. The maximum atomic E-state index is 12.1. The number of hydrogen-bond donors (Lipinski definition) is 4. The van der Waals surface area contributed by atoms with Crippen molar-refractivity contribution in [2.24, 2.45) is 0 Å². The lowest BCUT2D eigenvalue weighted by molar-refractivity contribution is -0.122. The smallest absolute Gasteiger partial charge is 0.220 e. The zero-order chi connectivity index (χ0) is 34.3. The van der Waals surface area contributed by atoms with E-state index in [0.717, 1.165) is 44.3 Å². The second-order valence-corrected chi connectivity index (χ2v) is 14.0. The molecule has 48 heavy (non-hydrogen) atoms. The molecule has 2 rings (SSSR count). The van der Waals surface area contributed by atoms with E-state index in [1.54, 1.807) is 0 Å². The largest absolute Gasteiger partial charge is 0.377 e. The Morgan fingerprint density at radius 1 is 0.708 bits per heavy atom. The molecule has 9 heteroatoms. The normalized spacial score (nSPS) is 17.9. The molecule has 2 amide bonds. The predicted molar refractivity (Wildman–Crippen MR) is 201 cm³/mol. The van der Waals surface area contributed by atoms with Crippen LogP contribution >= 0.6 is 0 Å². The molecule has 0 saturated carbocycles. The first-order valence-corrected chi connectivity index (χ1v) is 20.0. The van der Waals surface area contributed by atoms with Gasteiger partial charge in [0.25, 0.3) is 0 Å². The number of amides is 2. The quantitative estimate of drug-likeness (QED) is 0.0363. The molecule has 0 aliphatic carbocycles. The van der Waals surface area contributed by atoms with Crippen molar-refractivity contribution in [2.75, 3.05) is 39.5 Å². The minimum absolute atomic E-state index is 0.0905. The minimum Gasteiger partial charge on any atom is -0.377 e. The Bertz CT molecular complexity index is 908. The van der Waals surface area contributed by atoms with Crippen LogP contribution in [0.1, 0.15) is 148 Å². The summed E-state index contributed by atoms with van der Waals surface area (Å²) in [7, 11) is 1.21. The molecule has 0 aromatic carbocycles. The first kappa shape index (κ1) is 42.0. The van der Waals surface area contributed by atoms with E-state index >= 15 is 0 Å². The Balaban J connectivity index is 1.22. The van der Waals surface area contributed by atoms with Crippen molar-refractivity contribution in [2.45, 2.75) is 172 Å². The average molecular weight is 671 g/mol.